The van der Waals surface area contributed by atoms with Crippen molar-refractivity contribution in [2.24, 2.45) is 5.73 Å². The molecule has 1 aromatic heterocycles. The number of furan rings is 1. The number of hydrogen-bond donors (Lipinski definition) is 1. The largest absolute Gasteiger partial charge is 0.456 e. The van der Waals surface area contributed by atoms with Crippen LogP contribution in [0.1, 0.15) is 41.6 Å². The number of hydrogen-bond acceptors (Lipinski definition) is 3. The zero-order valence-electron chi connectivity index (χ0n) is 12.2. The highest BCUT2D eigenvalue weighted by atomic mass is 16.4. The third-order valence-electron chi connectivity index (χ3n) is 3.80. The molecule has 1 saturated carbocycles. The van der Waals surface area contributed by atoms with Crippen LogP contribution >= 0.6 is 0 Å². The van der Waals surface area contributed by atoms with Gasteiger partial charge < -0.3 is 15.1 Å². The number of amides is 1. The molecule has 110 valence electrons. The summed E-state index contributed by atoms with van der Waals surface area (Å²) in [7, 11) is 0. The molecule has 21 heavy (non-hydrogen) atoms. The van der Waals surface area contributed by atoms with Crippen LogP contribution in [0.25, 0.3) is 0 Å². The molecular formula is C17H20N2O2. The van der Waals surface area contributed by atoms with Crippen molar-refractivity contribution in [3.8, 4) is 0 Å². The Balaban J connectivity index is 1.88. The maximum Gasteiger partial charge on any atom is 0.294 e. The van der Waals surface area contributed by atoms with Crippen molar-refractivity contribution >= 4 is 11.6 Å². The summed E-state index contributed by atoms with van der Waals surface area (Å²) in [6.45, 7) is 2.52. The number of benzene rings is 1. The molecule has 4 nitrogen and oxygen atoms in total. The summed E-state index contributed by atoms with van der Waals surface area (Å²) in [4.78, 5) is 14.6. The fourth-order valence-corrected chi connectivity index (χ4v) is 2.42. The van der Waals surface area contributed by atoms with Crippen LogP contribution in [0.4, 0.5) is 5.69 Å². The van der Waals surface area contributed by atoms with E-state index in [0.29, 0.717) is 12.3 Å². The van der Waals surface area contributed by atoms with Gasteiger partial charge in [0.25, 0.3) is 5.91 Å². The lowest BCUT2D eigenvalue weighted by molar-refractivity contribution is 0.0957. The van der Waals surface area contributed by atoms with Gasteiger partial charge >= 0.3 is 0 Å². The summed E-state index contributed by atoms with van der Waals surface area (Å²) in [5.41, 5.74) is 7.60. The standard InChI is InChI=1S/C17H20N2O2/c1-2-15-9-10-16(21-15)17(20)19(14-7-8-14)13-5-3-12(11-18)4-6-13/h3-6,9-10,14H,2,7-8,11,18H2,1H3. The fraction of sp³-hybridized carbons (Fsp3) is 0.353. The molecule has 1 fully saturated rings. The van der Waals surface area contributed by atoms with Gasteiger partial charge in [-0.3, -0.25) is 4.79 Å². The molecule has 0 spiro atoms. The minimum absolute atomic E-state index is 0.0577. The van der Waals surface area contributed by atoms with Crippen molar-refractivity contribution in [3.05, 3.63) is 53.5 Å². The average molecular weight is 284 g/mol. The predicted octanol–water partition coefficient (Wildman–Crippen LogP) is 3.11. The predicted molar refractivity (Wildman–Crippen MR) is 82.3 cm³/mol. The minimum Gasteiger partial charge on any atom is -0.456 e. The van der Waals surface area contributed by atoms with E-state index in [4.69, 9.17) is 10.2 Å². The highest BCUT2D eigenvalue weighted by Crippen LogP contribution is 2.33. The van der Waals surface area contributed by atoms with Gasteiger partial charge in [-0.2, -0.15) is 0 Å². The van der Waals surface area contributed by atoms with Crippen LogP contribution in [-0.2, 0) is 13.0 Å². The van der Waals surface area contributed by atoms with Gasteiger partial charge in [-0.05, 0) is 42.7 Å². The van der Waals surface area contributed by atoms with Gasteiger partial charge in [-0.15, -0.1) is 0 Å². The van der Waals surface area contributed by atoms with Gasteiger partial charge in [0.05, 0.1) is 0 Å². The Hall–Kier alpha value is -2.07. The molecule has 1 aromatic carbocycles. The Morgan fingerprint density at radius 2 is 1.95 bits per heavy atom. The first-order chi connectivity index (χ1) is 10.2. The first-order valence-electron chi connectivity index (χ1n) is 7.44. The van der Waals surface area contributed by atoms with Crippen molar-refractivity contribution in [3.63, 3.8) is 0 Å². The number of carbonyl (C=O) groups excluding carboxylic acids is 1. The Kier molecular flexibility index (Phi) is 3.80. The third kappa shape index (κ3) is 2.85. The second-order valence-electron chi connectivity index (χ2n) is 5.40. The Morgan fingerprint density at radius 1 is 1.24 bits per heavy atom. The number of carbonyl (C=O) groups is 1. The molecule has 3 rings (SSSR count). The molecule has 1 aliphatic rings. The van der Waals surface area contributed by atoms with E-state index >= 15 is 0 Å². The zero-order chi connectivity index (χ0) is 14.8. The molecule has 2 aromatic rings. The summed E-state index contributed by atoms with van der Waals surface area (Å²) in [6.07, 6.45) is 2.89. The molecule has 0 atom stereocenters. The highest BCUT2D eigenvalue weighted by molar-refractivity contribution is 6.05. The molecule has 0 aliphatic heterocycles. The molecule has 1 heterocycles. The van der Waals surface area contributed by atoms with Crippen LogP contribution in [-0.4, -0.2) is 11.9 Å². The summed E-state index contributed by atoms with van der Waals surface area (Å²) < 4.78 is 5.61. The number of nitrogens with zero attached hydrogens (tertiary/aromatic N) is 1. The van der Waals surface area contributed by atoms with Gasteiger partial charge in [0.1, 0.15) is 5.76 Å². The SMILES string of the molecule is CCc1ccc(C(=O)N(c2ccc(CN)cc2)C2CC2)o1. The summed E-state index contributed by atoms with van der Waals surface area (Å²) in [6, 6.07) is 11.8. The first kappa shape index (κ1) is 13.9. The molecule has 1 aliphatic carbocycles. The second-order valence-corrected chi connectivity index (χ2v) is 5.40. The van der Waals surface area contributed by atoms with E-state index in [1.807, 2.05) is 42.2 Å². The zero-order valence-corrected chi connectivity index (χ0v) is 12.2. The molecule has 0 radical (unpaired) electrons. The maximum absolute atomic E-state index is 12.7. The molecule has 0 unspecified atom stereocenters. The lowest BCUT2D eigenvalue weighted by Crippen LogP contribution is -2.32. The summed E-state index contributed by atoms with van der Waals surface area (Å²) >= 11 is 0. The van der Waals surface area contributed by atoms with Crippen molar-refractivity contribution in [1.29, 1.82) is 0 Å². The monoisotopic (exact) mass is 284 g/mol. The van der Waals surface area contributed by atoms with Crippen LogP contribution in [0.2, 0.25) is 0 Å². The first-order valence-corrected chi connectivity index (χ1v) is 7.44. The Morgan fingerprint density at radius 3 is 2.48 bits per heavy atom. The molecule has 4 heteroatoms. The summed E-state index contributed by atoms with van der Waals surface area (Å²) in [5, 5.41) is 0. The Labute approximate surface area is 124 Å². The number of anilines is 1. The molecule has 2 N–H and O–H groups in total. The van der Waals surface area contributed by atoms with Gasteiger partial charge in [0.2, 0.25) is 0 Å². The average Bonchev–Trinajstić information content (AvgIpc) is 3.23. The van der Waals surface area contributed by atoms with E-state index < -0.39 is 0 Å². The Bertz CT molecular complexity index is 626. The van der Waals surface area contributed by atoms with Gasteiger partial charge in [-0.1, -0.05) is 19.1 Å². The van der Waals surface area contributed by atoms with Crippen molar-refractivity contribution in [1.82, 2.24) is 0 Å². The van der Waals surface area contributed by atoms with Crippen LogP contribution in [0.3, 0.4) is 0 Å². The van der Waals surface area contributed by atoms with Crippen molar-refractivity contribution in [2.45, 2.75) is 38.8 Å². The van der Waals surface area contributed by atoms with Crippen LogP contribution in [0.5, 0.6) is 0 Å². The topological polar surface area (TPSA) is 59.5 Å². The molecule has 1 amide bonds. The maximum atomic E-state index is 12.7. The van der Waals surface area contributed by atoms with Crippen LogP contribution in [0.15, 0.2) is 40.8 Å². The van der Waals surface area contributed by atoms with E-state index in [0.717, 1.165) is 36.3 Å². The lowest BCUT2D eigenvalue weighted by atomic mass is 10.2. The minimum atomic E-state index is -0.0577. The van der Waals surface area contributed by atoms with Crippen LogP contribution < -0.4 is 10.6 Å². The fourth-order valence-electron chi connectivity index (χ4n) is 2.42. The highest BCUT2D eigenvalue weighted by Gasteiger charge is 2.35. The van der Waals surface area contributed by atoms with Crippen molar-refractivity contribution < 1.29 is 9.21 Å². The van der Waals surface area contributed by atoms with E-state index in [-0.39, 0.29) is 11.9 Å². The van der Waals surface area contributed by atoms with Gasteiger partial charge in [0.15, 0.2) is 5.76 Å². The molecule has 0 bridgehead atoms. The number of nitrogens with two attached hydrogens (primary N) is 1. The van der Waals surface area contributed by atoms with E-state index in [2.05, 4.69) is 0 Å². The van der Waals surface area contributed by atoms with E-state index in [1.54, 1.807) is 6.07 Å². The van der Waals surface area contributed by atoms with E-state index in [9.17, 15) is 4.79 Å². The van der Waals surface area contributed by atoms with Gasteiger partial charge in [0, 0.05) is 24.7 Å². The normalized spacial score (nSPS) is 14.2. The second kappa shape index (κ2) is 5.74. The van der Waals surface area contributed by atoms with Crippen molar-refractivity contribution in [2.75, 3.05) is 4.90 Å². The van der Waals surface area contributed by atoms with Crippen LogP contribution in [0, 0.1) is 0 Å². The van der Waals surface area contributed by atoms with E-state index in [1.165, 1.54) is 0 Å². The molecular weight excluding hydrogens is 264 g/mol. The smallest absolute Gasteiger partial charge is 0.294 e. The lowest BCUT2D eigenvalue weighted by Gasteiger charge is -2.21. The quantitative estimate of drug-likeness (QED) is 0.917. The summed E-state index contributed by atoms with van der Waals surface area (Å²) in [5.74, 6) is 1.20. The number of aryl methyl sites for hydroxylation is 1. The van der Waals surface area contributed by atoms with Gasteiger partial charge in [-0.25, -0.2) is 0 Å². The number of rotatable bonds is 5. The molecule has 0 saturated heterocycles. The third-order valence-corrected chi connectivity index (χ3v) is 3.80.